The molecule has 0 fully saturated rings. The van der Waals surface area contributed by atoms with Crippen molar-refractivity contribution in [2.24, 2.45) is 0 Å². The van der Waals surface area contributed by atoms with Crippen molar-refractivity contribution in [3.8, 4) is 0 Å². The van der Waals surface area contributed by atoms with Gasteiger partial charge in [0.05, 0.1) is 11.8 Å². The molecule has 5 nitrogen and oxygen atoms in total. The van der Waals surface area contributed by atoms with Crippen molar-refractivity contribution in [1.29, 1.82) is 0 Å². The number of carbonyl (C=O) groups excluding carboxylic acids is 1. The second-order valence-electron chi connectivity index (χ2n) is 5.02. The fourth-order valence-corrected chi connectivity index (χ4v) is 3.15. The monoisotopic (exact) mass is 293 g/mol. The highest BCUT2D eigenvalue weighted by Crippen LogP contribution is 2.34. The van der Waals surface area contributed by atoms with E-state index in [1.165, 1.54) is 11.3 Å². The molecule has 1 atom stereocenters. The zero-order chi connectivity index (χ0) is 14.9. The van der Waals surface area contributed by atoms with Crippen LogP contribution in [0.3, 0.4) is 0 Å². The summed E-state index contributed by atoms with van der Waals surface area (Å²) in [6.07, 6.45) is 1.84. The normalized spacial score (nSPS) is 12.6. The van der Waals surface area contributed by atoms with Crippen LogP contribution in [0.4, 0.5) is 5.69 Å². The summed E-state index contributed by atoms with van der Waals surface area (Å²) in [4.78, 5) is 19.6. The van der Waals surface area contributed by atoms with Gasteiger partial charge in [0.25, 0.3) is 5.91 Å². The number of nitrogens with zero attached hydrogens (tertiary/aromatic N) is 2. The van der Waals surface area contributed by atoms with Gasteiger partial charge in [-0.05, 0) is 31.9 Å². The zero-order valence-corrected chi connectivity index (χ0v) is 12.7. The molecule has 0 spiro atoms. The second-order valence-corrected chi connectivity index (χ2v) is 6.02. The van der Waals surface area contributed by atoms with Crippen LogP contribution in [0, 0.1) is 6.92 Å². The Balaban J connectivity index is 2.31. The first-order chi connectivity index (χ1) is 9.41. The van der Waals surface area contributed by atoms with E-state index in [9.17, 15) is 9.90 Å². The maximum Gasteiger partial charge on any atom is 0.265 e. The van der Waals surface area contributed by atoms with E-state index in [1.54, 1.807) is 25.1 Å². The Morgan fingerprint density at radius 3 is 2.90 bits per heavy atom. The number of pyridine rings is 1. The van der Waals surface area contributed by atoms with Crippen molar-refractivity contribution in [1.82, 2.24) is 9.88 Å². The summed E-state index contributed by atoms with van der Waals surface area (Å²) in [5.74, 6) is -0.120. The predicted octanol–water partition coefficient (Wildman–Crippen LogP) is 2.03. The molecule has 20 heavy (non-hydrogen) atoms. The van der Waals surface area contributed by atoms with E-state index < -0.39 is 6.10 Å². The number of amides is 1. The third-order valence-electron chi connectivity index (χ3n) is 3.26. The standard InChI is InChI=1S/C14H19N3O2S/c1-8-4-6-16-13-10(8)11(15)12(20-13)14(19)17(3)7-5-9(2)18/h4,6,9,18H,5,7,15H2,1-3H3. The van der Waals surface area contributed by atoms with Crippen LogP contribution in [0.1, 0.15) is 28.6 Å². The number of aryl methyl sites for hydroxylation is 1. The van der Waals surface area contributed by atoms with Gasteiger partial charge >= 0.3 is 0 Å². The van der Waals surface area contributed by atoms with Crippen molar-refractivity contribution < 1.29 is 9.90 Å². The van der Waals surface area contributed by atoms with Crippen LogP contribution in [0.25, 0.3) is 10.2 Å². The number of hydrogen-bond acceptors (Lipinski definition) is 5. The molecule has 2 rings (SSSR count). The molecule has 108 valence electrons. The number of carbonyl (C=O) groups is 1. The first kappa shape index (κ1) is 14.7. The number of aromatic nitrogens is 1. The SMILES string of the molecule is Cc1ccnc2sc(C(=O)N(C)CCC(C)O)c(N)c12. The molecule has 0 radical (unpaired) electrons. The highest BCUT2D eigenvalue weighted by molar-refractivity contribution is 7.21. The molecule has 1 amide bonds. The third kappa shape index (κ3) is 2.76. The van der Waals surface area contributed by atoms with E-state index >= 15 is 0 Å². The maximum absolute atomic E-state index is 12.4. The number of hydrogen-bond donors (Lipinski definition) is 2. The molecule has 2 heterocycles. The van der Waals surface area contributed by atoms with Gasteiger partial charge in [-0.3, -0.25) is 4.79 Å². The number of thiophene rings is 1. The van der Waals surface area contributed by atoms with Gasteiger partial charge in [-0.1, -0.05) is 0 Å². The first-order valence-corrected chi connectivity index (χ1v) is 7.30. The van der Waals surface area contributed by atoms with Gasteiger partial charge in [0.15, 0.2) is 0 Å². The predicted molar refractivity (Wildman–Crippen MR) is 82.0 cm³/mol. The molecule has 0 saturated carbocycles. The molecule has 0 saturated heterocycles. The fraction of sp³-hybridized carbons (Fsp3) is 0.429. The lowest BCUT2D eigenvalue weighted by Gasteiger charge is -2.17. The summed E-state index contributed by atoms with van der Waals surface area (Å²) in [6.45, 7) is 4.16. The Labute approximate surface area is 122 Å². The zero-order valence-electron chi connectivity index (χ0n) is 11.9. The molecule has 0 aliphatic carbocycles. The molecule has 2 aromatic heterocycles. The molecular formula is C14H19N3O2S. The molecule has 0 aromatic carbocycles. The quantitative estimate of drug-likeness (QED) is 0.904. The Kier molecular flexibility index (Phi) is 4.25. The van der Waals surface area contributed by atoms with Crippen LogP contribution in [-0.2, 0) is 0 Å². The molecule has 0 aliphatic heterocycles. The van der Waals surface area contributed by atoms with E-state index in [1.807, 2.05) is 13.0 Å². The lowest BCUT2D eigenvalue weighted by molar-refractivity contribution is 0.0774. The minimum atomic E-state index is -0.422. The van der Waals surface area contributed by atoms with Crippen LogP contribution < -0.4 is 5.73 Å². The molecule has 3 N–H and O–H groups in total. The Bertz CT molecular complexity index is 637. The van der Waals surface area contributed by atoms with Gasteiger partial charge in [0, 0.05) is 25.2 Å². The third-order valence-corrected chi connectivity index (χ3v) is 4.36. The van der Waals surface area contributed by atoms with Crippen LogP contribution in [0.5, 0.6) is 0 Å². The summed E-state index contributed by atoms with van der Waals surface area (Å²) in [5.41, 5.74) is 7.63. The van der Waals surface area contributed by atoms with E-state index in [-0.39, 0.29) is 5.91 Å². The molecule has 2 aromatic rings. The van der Waals surface area contributed by atoms with E-state index in [4.69, 9.17) is 5.73 Å². The van der Waals surface area contributed by atoms with Gasteiger partial charge in [-0.2, -0.15) is 0 Å². The van der Waals surface area contributed by atoms with E-state index in [0.29, 0.717) is 23.5 Å². The van der Waals surface area contributed by atoms with E-state index in [0.717, 1.165) is 15.8 Å². The number of aliphatic hydroxyl groups is 1. The van der Waals surface area contributed by atoms with E-state index in [2.05, 4.69) is 4.98 Å². The highest BCUT2D eigenvalue weighted by atomic mass is 32.1. The summed E-state index contributed by atoms with van der Waals surface area (Å²) >= 11 is 1.32. The fourth-order valence-electron chi connectivity index (χ4n) is 2.02. The number of nitrogens with two attached hydrogens (primary N) is 1. The van der Waals surface area contributed by atoms with Gasteiger partial charge < -0.3 is 15.7 Å². The van der Waals surface area contributed by atoms with Gasteiger partial charge in [0.2, 0.25) is 0 Å². The van der Waals surface area contributed by atoms with Gasteiger partial charge in [0.1, 0.15) is 9.71 Å². The van der Waals surface area contributed by atoms with Crippen molar-refractivity contribution >= 4 is 33.1 Å². The van der Waals surface area contributed by atoms with Crippen molar-refractivity contribution in [2.45, 2.75) is 26.4 Å². The van der Waals surface area contributed by atoms with Crippen molar-refractivity contribution in [3.05, 3.63) is 22.7 Å². The average Bonchev–Trinajstić information content (AvgIpc) is 2.73. The average molecular weight is 293 g/mol. The largest absolute Gasteiger partial charge is 0.397 e. The smallest absolute Gasteiger partial charge is 0.265 e. The number of fused-ring (bicyclic) bond motifs is 1. The number of anilines is 1. The Hall–Kier alpha value is -1.66. The molecule has 6 heteroatoms. The lowest BCUT2D eigenvalue weighted by atomic mass is 10.1. The van der Waals surface area contributed by atoms with Crippen molar-refractivity contribution in [2.75, 3.05) is 19.3 Å². The summed E-state index contributed by atoms with van der Waals surface area (Å²) in [6, 6.07) is 1.89. The lowest BCUT2D eigenvalue weighted by Crippen LogP contribution is -2.29. The van der Waals surface area contributed by atoms with Crippen LogP contribution in [0.15, 0.2) is 12.3 Å². The molecule has 0 bridgehead atoms. The summed E-state index contributed by atoms with van der Waals surface area (Å²) in [7, 11) is 1.72. The van der Waals surface area contributed by atoms with Crippen LogP contribution in [0.2, 0.25) is 0 Å². The van der Waals surface area contributed by atoms with Gasteiger partial charge in [-0.15, -0.1) is 11.3 Å². The number of rotatable bonds is 4. The molecule has 1 unspecified atom stereocenters. The Morgan fingerprint density at radius 1 is 1.60 bits per heavy atom. The number of nitrogen functional groups attached to an aromatic ring is 1. The summed E-state index contributed by atoms with van der Waals surface area (Å²) < 4.78 is 0. The second kappa shape index (κ2) is 5.76. The number of aliphatic hydroxyl groups excluding tert-OH is 1. The highest BCUT2D eigenvalue weighted by Gasteiger charge is 2.21. The molecular weight excluding hydrogens is 274 g/mol. The topological polar surface area (TPSA) is 79.5 Å². The minimum absolute atomic E-state index is 0.120. The van der Waals surface area contributed by atoms with Crippen LogP contribution in [-0.4, -0.2) is 40.6 Å². The minimum Gasteiger partial charge on any atom is -0.397 e. The molecule has 0 aliphatic rings. The van der Waals surface area contributed by atoms with Crippen LogP contribution >= 0.6 is 11.3 Å². The Morgan fingerprint density at radius 2 is 2.30 bits per heavy atom. The van der Waals surface area contributed by atoms with Gasteiger partial charge in [-0.25, -0.2) is 4.98 Å². The maximum atomic E-state index is 12.4. The first-order valence-electron chi connectivity index (χ1n) is 6.49. The van der Waals surface area contributed by atoms with Crippen molar-refractivity contribution in [3.63, 3.8) is 0 Å². The summed E-state index contributed by atoms with van der Waals surface area (Å²) in [5, 5.41) is 10.2.